The van der Waals surface area contributed by atoms with Gasteiger partial charge in [0.05, 0.1) is 23.3 Å². The molecule has 3 aromatic heterocycles. The first-order chi connectivity index (χ1) is 12.5. The van der Waals surface area contributed by atoms with Gasteiger partial charge in [-0.15, -0.1) is 0 Å². The molecule has 26 heavy (non-hydrogen) atoms. The van der Waals surface area contributed by atoms with Gasteiger partial charge in [0.1, 0.15) is 5.00 Å². The van der Waals surface area contributed by atoms with Crippen LogP contribution in [0.15, 0.2) is 36.2 Å². The molecular formula is C17H22N8S. The zero-order valence-corrected chi connectivity index (χ0v) is 15.9. The highest BCUT2D eigenvalue weighted by atomic mass is 32.1. The first kappa shape index (κ1) is 18.0. The minimum absolute atomic E-state index is 0.508. The Morgan fingerprint density at radius 2 is 2.23 bits per heavy atom. The van der Waals surface area contributed by atoms with Crippen molar-refractivity contribution in [2.24, 2.45) is 17.8 Å². The van der Waals surface area contributed by atoms with Crippen LogP contribution < -0.4 is 16.5 Å². The van der Waals surface area contributed by atoms with E-state index in [9.17, 15) is 0 Å². The topological polar surface area (TPSA) is 98.9 Å². The first-order valence-electron chi connectivity index (χ1n) is 8.16. The van der Waals surface area contributed by atoms with Crippen molar-refractivity contribution in [3.63, 3.8) is 0 Å². The average molecular weight is 370 g/mol. The van der Waals surface area contributed by atoms with Gasteiger partial charge in [-0.3, -0.25) is 14.2 Å². The van der Waals surface area contributed by atoms with Crippen molar-refractivity contribution in [2.45, 2.75) is 13.3 Å². The molecule has 0 unspecified atom stereocenters. The monoisotopic (exact) mass is 370 g/mol. The molecule has 0 saturated carbocycles. The Kier molecular flexibility index (Phi) is 5.29. The molecule has 0 aliphatic carbocycles. The van der Waals surface area contributed by atoms with E-state index in [2.05, 4.69) is 26.4 Å². The van der Waals surface area contributed by atoms with E-state index in [4.69, 9.17) is 10.7 Å². The summed E-state index contributed by atoms with van der Waals surface area (Å²) in [6.45, 7) is 6.69. The lowest BCUT2D eigenvalue weighted by Crippen LogP contribution is -2.26. The lowest BCUT2D eigenvalue weighted by molar-refractivity contribution is 0.767. The minimum atomic E-state index is 0.508. The average Bonchev–Trinajstić information content (AvgIpc) is 3.22. The van der Waals surface area contributed by atoms with Crippen LogP contribution in [-0.4, -0.2) is 37.3 Å². The van der Waals surface area contributed by atoms with Crippen molar-refractivity contribution in [2.75, 3.05) is 18.9 Å². The van der Waals surface area contributed by atoms with E-state index in [1.165, 1.54) is 11.5 Å². The van der Waals surface area contributed by atoms with Crippen LogP contribution >= 0.6 is 11.5 Å². The highest BCUT2D eigenvalue weighted by molar-refractivity contribution is 7.10. The van der Waals surface area contributed by atoms with E-state index in [0.29, 0.717) is 24.3 Å². The predicted octanol–water partition coefficient (Wildman–Crippen LogP) is 1.68. The molecule has 0 fully saturated rings. The number of anilines is 2. The summed E-state index contributed by atoms with van der Waals surface area (Å²) in [5.41, 5.74) is 9.90. The van der Waals surface area contributed by atoms with Gasteiger partial charge >= 0.3 is 0 Å². The summed E-state index contributed by atoms with van der Waals surface area (Å²) in [7, 11) is 3.60. The van der Waals surface area contributed by atoms with E-state index < -0.39 is 0 Å². The van der Waals surface area contributed by atoms with Gasteiger partial charge in [-0.05, 0) is 31.1 Å². The molecule has 0 atom stereocenters. The summed E-state index contributed by atoms with van der Waals surface area (Å²) in [6.07, 6.45) is 6.27. The second-order valence-electron chi connectivity index (χ2n) is 5.84. The first-order valence-corrected chi connectivity index (χ1v) is 8.93. The molecule has 0 spiro atoms. The Morgan fingerprint density at radius 1 is 1.42 bits per heavy atom. The van der Waals surface area contributed by atoms with Crippen LogP contribution in [0, 0.1) is 6.92 Å². The normalized spacial score (nSPS) is 11.8. The lowest BCUT2D eigenvalue weighted by Gasteiger charge is -2.15. The van der Waals surface area contributed by atoms with Crippen molar-refractivity contribution in [1.29, 1.82) is 0 Å². The Morgan fingerprint density at radius 3 is 2.81 bits per heavy atom. The van der Waals surface area contributed by atoms with Gasteiger partial charge in [0.15, 0.2) is 11.3 Å². The van der Waals surface area contributed by atoms with E-state index in [1.54, 1.807) is 17.9 Å². The zero-order valence-electron chi connectivity index (χ0n) is 15.1. The molecule has 0 bridgehead atoms. The third-order valence-corrected chi connectivity index (χ3v) is 4.58. The highest BCUT2D eigenvalue weighted by Crippen LogP contribution is 2.20. The fraction of sp³-hybridized carbons (Fsp3) is 0.294. The number of nitrogens with one attached hydrogen (secondary N) is 1. The van der Waals surface area contributed by atoms with Gasteiger partial charge < -0.3 is 11.1 Å². The molecule has 0 aromatic carbocycles. The van der Waals surface area contributed by atoms with Crippen molar-refractivity contribution >= 4 is 28.0 Å². The number of rotatable bonds is 6. The molecule has 3 heterocycles. The number of aromatic nitrogens is 5. The maximum atomic E-state index is 5.74. The molecule has 136 valence electrons. The third-order valence-electron chi connectivity index (χ3n) is 3.78. The van der Waals surface area contributed by atoms with Crippen LogP contribution in [0.4, 0.5) is 10.8 Å². The van der Waals surface area contributed by atoms with Crippen LogP contribution in [0.25, 0.3) is 5.70 Å². The van der Waals surface area contributed by atoms with Crippen molar-refractivity contribution in [1.82, 2.24) is 23.7 Å². The molecule has 0 saturated heterocycles. The van der Waals surface area contributed by atoms with E-state index >= 15 is 0 Å². The van der Waals surface area contributed by atoms with Crippen molar-refractivity contribution < 1.29 is 0 Å². The SMILES string of the molecule is C=C(c1cnn(C)c1)n1cc(CCN)nc(Nc2cc(C)ns2)c1=NC. The van der Waals surface area contributed by atoms with Crippen LogP contribution in [0.3, 0.4) is 0 Å². The molecule has 3 rings (SSSR count). The molecule has 0 aliphatic rings. The molecule has 8 nitrogen and oxygen atoms in total. The van der Waals surface area contributed by atoms with Gasteiger partial charge in [0.25, 0.3) is 0 Å². The second-order valence-corrected chi connectivity index (χ2v) is 6.65. The number of hydrogen-bond acceptors (Lipinski definition) is 7. The second kappa shape index (κ2) is 7.63. The van der Waals surface area contributed by atoms with Crippen molar-refractivity contribution in [3.05, 3.63) is 53.7 Å². The Balaban J connectivity index is 2.11. The van der Waals surface area contributed by atoms with E-state index in [-0.39, 0.29) is 0 Å². The minimum Gasteiger partial charge on any atom is -0.330 e. The molecule has 3 aromatic rings. The van der Waals surface area contributed by atoms with Gasteiger partial charge in [-0.2, -0.15) is 9.47 Å². The standard InChI is InChI=1S/C17H22N8S/c1-11-7-15(26-23-11)22-16-17(19-3)25(10-14(21-16)5-6-18)12(2)13-8-20-24(4)9-13/h7-10H,2,5-6,18H2,1,3-4H3,(H,21,22). The summed E-state index contributed by atoms with van der Waals surface area (Å²) in [5, 5.41) is 8.45. The van der Waals surface area contributed by atoms with Gasteiger partial charge in [0, 0.05) is 38.5 Å². The Bertz CT molecular complexity index is 994. The quantitative estimate of drug-likeness (QED) is 0.688. The molecule has 9 heteroatoms. The molecule has 0 radical (unpaired) electrons. The maximum absolute atomic E-state index is 5.74. The fourth-order valence-corrected chi connectivity index (χ4v) is 3.23. The third kappa shape index (κ3) is 3.73. The van der Waals surface area contributed by atoms with E-state index in [0.717, 1.165) is 27.6 Å². The smallest absolute Gasteiger partial charge is 0.175 e. The fourth-order valence-electron chi connectivity index (χ4n) is 2.57. The zero-order chi connectivity index (χ0) is 18.7. The van der Waals surface area contributed by atoms with Crippen LogP contribution in [0.1, 0.15) is 17.0 Å². The predicted molar refractivity (Wildman–Crippen MR) is 104 cm³/mol. The number of nitrogens with two attached hydrogens (primary N) is 1. The number of nitrogens with zero attached hydrogens (tertiary/aromatic N) is 6. The summed E-state index contributed by atoms with van der Waals surface area (Å²) in [5.74, 6) is 0.646. The molecule has 3 N–H and O–H groups in total. The lowest BCUT2D eigenvalue weighted by atomic mass is 10.2. The number of aryl methyl sites for hydroxylation is 2. The number of hydrogen-bond donors (Lipinski definition) is 2. The summed E-state index contributed by atoms with van der Waals surface area (Å²) < 4.78 is 7.96. The maximum Gasteiger partial charge on any atom is 0.175 e. The van der Waals surface area contributed by atoms with Crippen LogP contribution in [-0.2, 0) is 13.5 Å². The van der Waals surface area contributed by atoms with Gasteiger partial charge in [-0.1, -0.05) is 6.58 Å². The molecule has 0 aliphatic heterocycles. The summed E-state index contributed by atoms with van der Waals surface area (Å²) in [6, 6.07) is 1.97. The highest BCUT2D eigenvalue weighted by Gasteiger charge is 2.12. The molecule has 0 amide bonds. The summed E-state index contributed by atoms with van der Waals surface area (Å²) in [4.78, 5) is 9.12. The van der Waals surface area contributed by atoms with Gasteiger partial charge in [0.2, 0.25) is 0 Å². The Labute approximate surface area is 155 Å². The molecular weight excluding hydrogens is 348 g/mol. The Hall–Kier alpha value is -2.78. The largest absolute Gasteiger partial charge is 0.330 e. The van der Waals surface area contributed by atoms with Crippen molar-refractivity contribution in [3.8, 4) is 0 Å². The van der Waals surface area contributed by atoms with Gasteiger partial charge in [-0.25, -0.2) is 4.98 Å². The summed E-state index contributed by atoms with van der Waals surface area (Å²) >= 11 is 1.38. The van der Waals surface area contributed by atoms with Crippen LogP contribution in [0.5, 0.6) is 0 Å². The van der Waals surface area contributed by atoms with E-state index in [1.807, 2.05) is 37.0 Å². The van der Waals surface area contributed by atoms with Crippen LogP contribution in [0.2, 0.25) is 0 Å².